The molecule has 0 spiro atoms. The molecular formula is C3H3NS2. The third kappa shape index (κ3) is 0.786. The van der Waals surface area contributed by atoms with Gasteiger partial charge in [-0.1, -0.05) is 12.2 Å². The first-order valence-electron chi connectivity index (χ1n) is 1.56. The van der Waals surface area contributed by atoms with Gasteiger partial charge in [0.25, 0.3) is 0 Å². The minimum Gasteiger partial charge on any atom is -0.242 e. The van der Waals surface area contributed by atoms with Crippen molar-refractivity contribution in [2.75, 3.05) is 5.75 Å². The Labute approximate surface area is 45.8 Å². The zero-order valence-electron chi connectivity index (χ0n) is 3.05. The van der Waals surface area contributed by atoms with Crippen LogP contribution in [0.3, 0.4) is 0 Å². The lowest BCUT2D eigenvalue weighted by Gasteiger charge is -1.73. The molecule has 0 fully saturated rings. The van der Waals surface area contributed by atoms with Gasteiger partial charge < -0.3 is 0 Å². The Morgan fingerprint density at radius 3 is 3.00 bits per heavy atom. The molecule has 1 heterocycles. The van der Waals surface area contributed by atoms with Gasteiger partial charge in [-0.3, -0.25) is 0 Å². The summed E-state index contributed by atoms with van der Waals surface area (Å²) in [5.74, 6) is 0.912. The van der Waals surface area contributed by atoms with E-state index in [2.05, 4.69) is 4.99 Å². The highest BCUT2D eigenvalue weighted by Gasteiger charge is 1.96. The highest BCUT2D eigenvalue weighted by Crippen LogP contribution is 2.04. The van der Waals surface area contributed by atoms with Crippen molar-refractivity contribution in [3.8, 4) is 0 Å². The smallest absolute Gasteiger partial charge is 0.114 e. The molecule has 6 heavy (non-hydrogen) atoms. The summed E-state index contributed by atoms with van der Waals surface area (Å²) in [6.45, 7) is 0. The molecule has 1 aliphatic heterocycles. The van der Waals surface area contributed by atoms with Gasteiger partial charge in [-0.2, -0.15) is 0 Å². The summed E-state index contributed by atoms with van der Waals surface area (Å²) in [4.78, 5) is 4.62. The van der Waals surface area contributed by atoms with Gasteiger partial charge in [0.15, 0.2) is 0 Å². The van der Waals surface area contributed by atoms with Crippen molar-refractivity contribution >= 4 is 34.5 Å². The Morgan fingerprint density at radius 1 is 2.00 bits per heavy atom. The van der Waals surface area contributed by atoms with Gasteiger partial charge in [0.1, 0.15) is 4.99 Å². The topological polar surface area (TPSA) is 12.4 Å². The minimum atomic E-state index is 0.819. The summed E-state index contributed by atoms with van der Waals surface area (Å²) in [7, 11) is 0. The first-order valence-corrected chi connectivity index (χ1v) is 3.02. The second-order valence-electron chi connectivity index (χ2n) is 0.939. The summed E-state index contributed by atoms with van der Waals surface area (Å²) in [5, 5.41) is 0. The summed E-state index contributed by atoms with van der Waals surface area (Å²) in [6, 6.07) is 0. The lowest BCUT2D eigenvalue weighted by atomic mass is 10.8. The molecule has 32 valence electrons. The Hall–Kier alpha value is 0.110. The van der Waals surface area contributed by atoms with Gasteiger partial charge in [0.05, 0.1) is 11.3 Å². The summed E-state index contributed by atoms with van der Waals surface area (Å²) in [6.07, 6.45) is 0. The number of thioether (sulfide) groups is 1. The Kier molecular flexibility index (Phi) is 1.22. The average molecular weight is 117 g/mol. The van der Waals surface area contributed by atoms with E-state index in [1.54, 1.807) is 17.3 Å². The molecule has 0 aromatic heterocycles. The predicted molar refractivity (Wildman–Crippen MR) is 33.5 cm³/mol. The summed E-state index contributed by atoms with van der Waals surface area (Å²) >= 11 is 6.35. The molecule has 0 unspecified atom stereocenters. The third-order valence-electron chi connectivity index (χ3n) is 0.478. The molecule has 1 aliphatic rings. The quantitative estimate of drug-likeness (QED) is 0.440. The molecule has 1 rings (SSSR count). The van der Waals surface area contributed by atoms with Crippen molar-refractivity contribution in [3.05, 3.63) is 0 Å². The van der Waals surface area contributed by atoms with E-state index in [-0.39, 0.29) is 0 Å². The maximum absolute atomic E-state index is 4.70. The molecule has 0 aliphatic carbocycles. The SMILES string of the molecule is S=C1CSC=N1. The Morgan fingerprint density at radius 2 is 2.83 bits per heavy atom. The molecule has 0 saturated heterocycles. The van der Waals surface area contributed by atoms with E-state index in [0.29, 0.717) is 0 Å². The molecule has 0 amide bonds. The molecule has 0 N–H and O–H groups in total. The van der Waals surface area contributed by atoms with Crippen LogP contribution >= 0.6 is 24.0 Å². The van der Waals surface area contributed by atoms with Gasteiger partial charge in [-0.25, -0.2) is 4.99 Å². The zero-order chi connectivity index (χ0) is 4.41. The molecular weight excluding hydrogens is 114 g/mol. The van der Waals surface area contributed by atoms with Gasteiger partial charge >= 0.3 is 0 Å². The molecule has 0 bridgehead atoms. The van der Waals surface area contributed by atoms with Gasteiger partial charge in [-0.15, -0.1) is 11.8 Å². The minimum absolute atomic E-state index is 0.819. The van der Waals surface area contributed by atoms with E-state index < -0.39 is 0 Å². The van der Waals surface area contributed by atoms with Gasteiger partial charge in [0, 0.05) is 0 Å². The standard InChI is InChI=1S/C3H3NS2/c5-3-1-6-2-4-3/h2H,1H2. The fourth-order valence-corrected chi connectivity index (χ4v) is 1.06. The van der Waals surface area contributed by atoms with Crippen LogP contribution in [-0.2, 0) is 0 Å². The highest BCUT2D eigenvalue weighted by atomic mass is 32.2. The largest absolute Gasteiger partial charge is 0.242 e. The molecule has 0 aromatic carbocycles. The van der Waals surface area contributed by atoms with Crippen LogP contribution < -0.4 is 0 Å². The van der Waals surface area contributed by atoms with Crippen LogP contribution in [0.15, 0.2) is 4.99 Å². The van der Waals surface area contributed by atoms with E-state index >= 15 is 0 Å². The third-order valence-corrected chi connectivity index (χ3v) is 1.61. The van der Waals surface area contributed by atoms with Crippen molar-refractivity contribution in [2.45, 2.75) is 0 Å². The van der Waals surface area contributed by atoms with Crippen molar-refractivity contribution in [1.82, 2.24) is 0 Å². The van der Waals surface area contributed by atoms with E-state index in [9.17, 15) is 0 Å². The Balaban J connectivity index is 2.59. The fraction of sp³-hybridized carbons (Fsp3) is 0.333. The van der Waals surface area contributed by atoms with Crippen LogP contribution in [0.1, 0.15) is 0 Å². The normalized spacial score (nSPS) is 19.7. The van der Waals surface area contributed by atoms with E-state index in [1.165, 1.54) is 0 Å². The number of rotatable bonds is 0. The number of aliphatic imine (C=N–C) groups is 1. The highest BCUT2D eigenvalue weighted by molar-refractivity contribution is 8.13. The second kappa shape index (κ2) is 1.71. The van der Waals surface area contributed by atoms with E-state index in [4.69, 9.17) is 12.2 Å². The van der Waals surface area contributed by atoms with Gasteiger partial charge in [0.2, 0.25) is 0 Å². The monoisotopic (exact) mass is 117 g/mol. The van der Waals surface area contributed by atoms with Crippen LogP contribution in [0.2, 0.25) is 0 Å². The average Bonchev–Trinajstić information content (AvgIpc) is 1.86. The first kappa shape index (κ1) is 4.27. The number of thiocarbonyl (C=S) groups is 1. The lowest BCUT2D eigenvalue weighted by molar-refractivity contribution is 1.78. The first-order chi connectivity index (χ1) is 2.89. The van der Waals surface area contributed by atoms with Crippen molar-refractivity contribution in [3.63, 3.8) is 0 Å². The zero-order valence-corrected chi connectivity index (χ0v) is 4.68. The fourth-order valence-electron chi connectivity index (χ4n) is 0.242. The van der Waals surface area contributed by atoms with Crippen LogP contribution in [0.5, 0.6) is 0 Å². The lowest BCUT2D eigenvalue weighted by Crippen LogP contribution is -1.81. The van der Waals surface area contributed by atoms with Crippen LogP contribution in [0.4, 0.5) is 0 Å². The van der Waals surface area contributed by atoms with Crippen LogP contribution in [0, 0.1) is 0 Å². The number of hydrogen-bond donors (Lipinski definition) is 0. The molecule has 0 atom stereocenters. The molecule has 0 saturated carbocycles. The van der Waals surface area contributed by atoms with E-state index in [0.717, 1.165) is 10.7 Å². The van der Waals surface area contributed by atoms with Gasteiger partial charge in [-0.05, 0) is 0 Å². The van der Waals surface area contributed by atoms with Crippen molar-refractivity contribution in [2.24, 2.45) is 4.99 Å². The molecule has 0 radical (unpaired) electrons. The predicted octanol–water partition coefficient (Wildman–Crippen LogP) is 1.09. The molecule has 3 heteroatoms. The van der Waals surface area contributed by atoms with Crippen LogP contribution in [-0.4, -0.2) is 16.3 Å². The second-order valence-corrected chi connectivity index (χ2v) is 2.24. The maximum Gasteiger partial charge on any atom is 0.114 e. The molecule has 0 aromatic rings. The van der Waals surface area contributed by atoms with Crippen molar-refractivity contribution < 1.29 is 0 Å². The van der Waals surface area contributed by atoms with Crippen LogP contribution in [0.25, 0.3) is 0 Å². The molecule has 1 nitrogen and oxygen atoms in total. The van der Waals surface area contributed by atoms with E-state index in [1.807, 2.05) is 0 Å². The number of hydrogen-bond acceptors (Lipinski definition) is 2. The maximum atomic E-state index is 4.70. The number of nitrogens with zero attached hydrogens (tertiary/aromatic N) is 1. The van der Waals surface area contributed by atoms with Crippen molar-refractivity contribution in [1.29, 1.82) is 0 Å². The Bertz CT molecular complexity index is 97.0. The summed E-state index contributed by atoms with van der Waals surface area (Å²) in [5.41, 5.74) is 1.78. The summed E-state index contributed by atoms with van der Waals surface area (Å²) < 4.78 is 0.